The average molecular weight is 296 g/mol. The summed E-state index contributed by atoms with van der Waals surface area (Å²) in [5.74, 6) is 0.299. The van der Waals surface area contributed by atoms with Crippen LogP contribution in [0.25, 0.3) is 0 Å². The Morgan fingerprint density at radius 2 is 2.05 bits per heavy atom. The Bertz CT molecular complexity index is 631. The summed E-state index contributed by atoms with van der Waals surface area (Å²) in [4.78, 5) is 16.0. The predicted octanol–water partition coefficient (Wildman–Crippen LogP) is 2.30. The van der Waals surface area contributed by atoms with Crippen molar-refractivity contribution in [2.75, 3.05) is 0 Å². The molecular weight excluding hydrogens is 276 g/mol. The van der Waals surface area contributed by atoms with E-state index in [1.165, 1.54) is 6.33 Å². The van der Waals surface area contributed by atoms with Gasteiger partial charge in [0.05, 0.1) is 6.54 Å². The number of aromatic nitrogens is 3. The number of rotatable bonds is 5. The summed E-state index contributed by atoms with van der Waals surface area (Å²) in [5.41, 5.74) is 2.28. The molecule has 1 atom stereocenters. The molecule has 1 aliphatic rings. The Kier molecular flexibility index (Phi) is 4.63. The molecule has 0 unspecified atom stereocenters. The van der Waals surface area contributed by atoms with E-state index >= 15 is 0 Å². The molecule has 0 aliphatic heterocycles. The number of benzene rings is 1. The lowest BCUT2D eigenvalue weighted by Crippen LogP contribution is -2.30. The molecule has 2 aromatic rings. The van der Waals surface area contributed by atoms with Gasteiger partial charge < -0.3 is 5.32 Å². The van der Waals surface area contributed by atoms with Crippen molar-refractivity contribution in [1.29, 1.82) is 0 Å². The highest BCUT2D eigenvalue weighted by Crippen LogP contribution is 2.18. The maximum atomic E-state index is 12.1. The van der Waals surface area contributed by atoms with Crippen LogP contribution >= 0.6 is 0 Å². The Balaban J connectivity index is 1.50. The molecule has 0 fully saturated rings. The minimum Gasteiger partial charge on any atom is -0.352 e. The molecule has 114 valence electrons. The normalized spacial score (nSPS) is 17.4. The average Bonchev–Trinajstić information content (AvgIpc) is 3.08. The van der Waals surface area contributed by atoms with E-state index in [-0.39, 0.29) is 11.8 Å². The molecule has 5 nitrogen and oxygen atoms in total. The molecule has 3 rings (SSSR count). The molecule has 0 bridgehead atoms. The zero-order chi connectivity index (χ0) is 15.2. The summed E-state index contributed by atoms with van der Waals surface area (Å²) in [6, 6.07) is 8.22. The van der Waals surface area contributed by atoms with Crippen molar-refractivity contribution in [3.05, 3.63) is 60.2 Å². The van der Waals surface area contributed by atoms with Gasteiger partial charge in [-0.25, -0.2) is 9.67 Å². The molecule has 1 heterocycles. The highest BCUT2D eigenvalue weighted by atomic mass is 16.1. The fourth-order valence-electron chi connectivity index (χ4n) is 2.63. The van der Waals surface area contributed by atoms with Gasteiger partial charge in [0.2, 0.25) is 5.91 Å². The lowest BCUT2D eigenvalue weighted by molar-refractivity contribution is -0.125. The molecular formula is C17H20N4O. The number of carbonyl (C=O) groups is 1. The minimum absolute atomic E-state index is 0.136. The quantitative estimate of drug-likeness (QED) is 0.861. The monoisotopic (exact) mass is 296 g/mol. The third-order valence-corrected chi connectivity index (χ3v) is 3.94. The van der Waals surface area contributed by atoms with E-state index in [4.69, 9.17) is 0 Å². The van der Waals surface area contributed by atoms with Gasteiger partial charge in [-0.3, -0.25) is 4.79 Å². The first kappa shape index (κ1) is 14.5. The second-order valence-electron chi connectivity index (χ2n) is 5.61. The van der Waals surface area contributed by atoms with Crippen LogP contribution in [0.2, 0.25) is 0 Å². The fraction of sp³-hybridized carbons (Fsp3) is 0.353. The lowest BCUT2D eigenvalue weighted by atomic mass is 9.93. The van der Waals surface area contributed by atoms with E-state index in [1.807, 2.05) is 12.1 Å². The van der Waals surface area contributed by atoms with Crippen LogP contribution in [-0.2, 0) is 17.9 Å². The highest BCUT2D eigenvalue weighted by Gasteiger charge is 2.17. The van der Waals surface area contributed by atoms with E-state index in [9.17, 15) is 4.79 Å². The van der Waals surface area contributed by atoms with Gasteiger partial charge >= 0.3 is 0 Å². The molecule has 1 amide bonds. The lowest BCUT2D eigenvalue weighted by Gasteiger charge is -2.17. The van der Waals surface area contributed by atoms with Crippen LogP contribution in [0.5, 0.6) is 0 Å². The Labute approximate surface area is 130 Å². The zero-order valence-electron chi connectivity index (χ0n) is 12.5. The third-order valence-electron chi connectivity index (χ3n) is 3.94. The van der Waals surface area contributed by atoms with Crippen molar-refractivity contribution in [1.82, 2.24) is 20.1 Å². The van der Waals surface area contributed by atoms with Crippen molar-refractivity contribution in [2.24, 2.45) is 5.92 Å². The van der Waals surface area contributed by atoms with Crippen LogP contribution in [0.15, 0.2) is 49.1 Å². The molecule has 0 saturated heterocycles. The summed E-state index contributed by atoms with van der Waals surface area (Å²) < 4.78 is 1.79. The van der Waals surface area contributed by atoms with Gasteiger partial charge in [0.15, 0.2) is 0 Å². The first-order chi connectivity index (χ1) is 10.8. The van der Waals surface area contributed by atoms with Gasteiger partial charge in [-0.05, 0) is 30.4 Å². The van der Waals surface area contributed by atoms with Crippen molar-refractivity contribution >= 4 is 5.91 Å². The number of allylic oxidation sites excluding steroid dienone is 2. The number of hydrogen-bond donors (Lipinski definition) is 1. The molecule has 1 aliphatic carbocycles. The summed E-state index contributed by atoms with van der Waals surface area (Å²) >= 11 is 0. The summed E-state index contributed by atoms with van der Waals surface area (Å²) in [6.45, 7) is 1.30. The van der Waals surface area contributed by atoms with Crippen molar-refractivity contribution in [3.8, 4) is 0 Å². The van der Waals surface area contributed by atoms with Crippen molar-refractivity contribution in [2.45, 2.75) is 32.4 Å². The fourth-order valence-corrected chi connectivity index (χ4v) is 2.63. The van der Waals surface area contributed by atoms with Crippen LogP contribution < -0.4 is 5.32 Å². The maximum Gasteiger partial charge on any atom is 0.223 e. The van der Waals surface area contributed by atoms with Gasteiger partial charge in [-0.2, -0.15) is 5.10 Å². The number of carbonyl (C=O) groups excluding carboxylic acids is 1. The predicted molar refractivity (Wildman–Crippen MR) is 83.9 cm³/mol. The SMILES string of the molecule is O=C(NCc1ccc(Cn2cncn2)cc1)[C@H]1CC=CCC1. The number of nitrogens with zero attached hydrogens (tertiary/aromatic N) is 3. The van der Waals surface area contributed by atoms with E-state index in [1.54, 1.807) is 11.0 Å². The molecule has 0 radical (unpaired) electrons. The second kappa shape index (κ2) is 7.02. The van der Waals surface area contributed by atoms with E-state index in [0.29, 0.717) is 13.1 Å². The molecule has 5 heteroatoms. The Hall–Kier alpha value is -2.43. The van der Waals surface area contributed by atoms with Crippen LogP contribution in [-0.4, -0.2) is 20.7 Å². The van der Waals surface area contributed by atoms with Crippen molar-refractivity contribution < 1.29 is 4.79 Å². The van der Waals surface area contributed by atoms with Crippen LogP contribution in [0.3, 0.4) is 0 Å². The van der Waals surface area contributed by atoms with Gasteiger partial charge in [-0.15, -0.1) is 0 Å². The highest BCUT2D eigenvalue weighted by molar-refractivity contribution is 5.78. The van der Waals surface area contributed by atoms with Gasteiger partial charge in [0.1, 0.15) is 12.7 Å². The minimum atomic E-state index is 0.136. The Morgan fingerprint density at radius 3 is 2.73 bits per heavy atom. The largest absolute Gasteiger partial charge is 0.352 e. The number of nitrogens with one attached hydrogen (secondary N) is 1. The number of amides is 1. The molecule has 22 heavy (non-hydrogen) atoms. The van der Waals surface area contributed by atoms with Crippen LogP contribution in [0.4, 0.5) is 0 Å². The van der Waals surface area contributed by atoms with Crippen molar-refractivity contribution in [3.63, 3.8) is 0 Å². The topological polar surface area (TPSA) is 59.8 Å². The van der Waals surface area contributed by atoms with E-state index in [2.05, 4.69) is 39.7 Å². The summed E-state index contributed by atoms with van der Waals surface area (Å²) in [7, 11) is 0. The second-order valence-corrected chi connectivity index (χ2v) is 5.61. The smallest absolute Gasteiger partial charge is 0.223 e. The van der Waals surface area contributed by atoms with E-state index < -0.39 is 0 Å². The van der Waals surface area contributed by atoms with Gasteiger partial charge in [0.25, 0.3) is 0 Å². The third kappa shape index (κ3) is 3.81. The first-order valence-electron chi connectivity index (χ1n) is 7.64. The van der Waals surface area contributed by atoms with Gasteiger partial charge in [0, 0.05) is 12.5 Å². The number of hydrogen-bond acceptors (Lipinski definition) is 3. The summed E-state index contributed by atoms with van der Waals surface area (Å²) in [6.07, 6.45) is 10.3. The zero-order valence-corrected chi connectivity index (χ0v) is 12.5. The molecule has 1 aromatic heterocycles. The van der Waals surface area contributed by atoms with Gasteiger partial charge in [-0.1, -0.05) is 36.4 Å². The standard InChI is InChI=1S/C17H20N4O/c22-17(16-4-2-1-3-5-16)19-10-14-6-8-15(9-7-14)11-21-13-18-12-20-21/h1-2,6-9,12-13,16H,3-5,10-11H2,(H,19,22)/t16-/m0/s1. The Morgan fingerprint density at radius 1 is 1.23 bits per heavy atom. The molecule has 0 saturated carbocycles. The van der Waals surface area contributed by atoms with E-state index in [0.717, 1.165) is 30.4 Å². The first-order valence-corrected chi connectivity index (χ1v) is 7.64. The van der Waals surface area contributed by atoms with Crippen LogP contribution in [0, 0.1) is 5.92 Å². The van der Waals surface area contributed by atoms with Crippen LogP contribution in [0.1, 0.15) is 30.4 Å². The molecule has 1 N–H and O–H groups in total. The maximum absolute atomic E-state index is 12.1. The summed E-state index contributed by atoms with van der Waals surface area (Å²) in [5, 5.41) is 7.12. The molecule has 0 spiro atoms. The molecule has 1 aromatic carbocycles.